The lowest BCUT2D eigenvalue weighted by molar-refractivity contribution is -0.109. The van der Waals surface area contributed by atoms with Gasteiger partial charge in [-0.2, -0.15) is 0 Å². The third-order valence-electron chi connectivity index (χ3n) is 2.87. The first kappa shape index (κ1) is 13.8. The fourth-order valence-electron chi connectivity index (χ4n) is 1.79. The van der Waals surface area contributed by atoms with Crippen molar-refractivity contribution in [1.29, 1.82) is 0 Å². The summed E-state index contributed by atoms with van der Waals surface area (Å²) < 4.78 is 5.14. The van der Waals surface area contributed by atoms with Gasteiger partial charge in [-0.1, -0.05) is 18.2 Å². The van der Waals surface area contributed by atoms with Gasteiger partial charge in [-0.15, -0.1) is 0 Å². The molecule has 0 spiro atoms. The van der Waals surface area contributed by atoms with E-state index in [0.717, 1.165) is 5.69 Å². The van der Waals surface area contributed by atoms with Crippen LogP contribution >= 0.6 is 0 Å². The number of nitrogens with zero attached hydrogens (tertiary/aromatic N) is 1. The van der Waals surface area contributed by atoms with Gasteiger partial charge in [0.2, 0.25) is 0 Å². The van der Waals surface area contributed by atoms with Crippen LogP contribution in [0.15, 0.2) is 54.6 Å². The lowest BCUT2D eigenvalue weighted by Gasteiger charge is -2.17. The molecule has 2 aromatic rings. The van der Waals surface area contributed by atoms with Crippen LogP contribution in [0.3, 0.4) is 0 Å². The van der Waals surface area contributed by atoms with Gasteiger partial charge in [0.05, 0.1) is 0 Å². The fourth-order valence-corrected chi connectivity index (χ4v) is 1.79. The van der Waals surface area contributed by atoms with Crippen LogP contribution in [-0.2, 0) is 4.79 Å². The van der Waals surface area contributed by atoms with Gasteiger partial charge in [-0.25, -0.2) is 0 Å². The number of anilines is 1. The number of para-hydroxylation sites is 1. The fraction of sp³-hybridized carbons (Fsp3) is 0.125. The Morgan fingerprint density at radius 3 is 2.35 bits per heavy atom. The molecule has 0 fully saturated rings. The lowest BCUT2D eigenvalue weighted by atomic mass is 10.2. The van der Waals surface area contributed by atoms with Crippen LogP contribution in [0, 0.1) is 0 Å². The summed E-state index contributed by atoms with van der Waals surface area (Å²) in [6, 6.07) is 16.1. The van der Waals surface area contributed by atoms with Crippen molar-refractivity contribution in [3.05, 3.63) is 60.2 Å². The number of hydrogen-bond acceptors (Lipinski definition) is 3. The second kappa shape index (κ2) is 6.52. The Labute approximate surface area is 117 Å². The van der Waals surface area contributed by atoms with Crippen LogP contribution in [0.1, 0.15) is 10.4 Å². The Morgan fingerprint density at radius 1 is 1.10 bits per heavy atom. The average molecular weight is 269 g/mol. The first-order valence-electron chi connectivity index (χ1n) is 6.22. The van der Waals surface area contributed by atoms with Crippen molar-refractivity contribution in [2.24, 2.45) is 0 Å². The zero-order valence-corrected chi connectivity index (χ0v) is 11.2. The summed E-state index contributed by atoms with van der Waals surface area (Å²) in [5.41, 5.74) is 1.40. The molecule has 0 N–H and O–H groups in total. The highest BCUT2D eigenvalue weighted by molar-refractivity contribution is 6.05. The molecule has 4 nitrogen and oxygen atoms in total. The molecule has 4 heteroatoms. The molecule has 0 aromatic heterocycles. The highest BCUT2D eigenvalue weighted by Crippen LogP contribution is 2.17. The molecule has 102 valence electrons. The van der Waals surface area contributed by atoms with Gasteiger partial charge < -0.3 is 9.64 Å². The summed E-state index contributed by atoms with van der Waals surface area (Å²) in [4.78, 5) is 24.1. The summed E-state index contributed by atoms with van der Waals surface area (Å²) in [5.74, 6) is 0.467. The Morgan fingerprint density at radius 2 is 1.75 bits per heavy atom. The highest BCUT2D eigenvalue weighted by atomic mass is 16.5. The van der Waals surface area contributed by atoms with Crippen LogP contribution < -0.4 is 9.64 Å². The molecule has 0 aliphatic rings. The molecule has 0 saturated heterocycles. The number of benzene rings is 2. The van der Waals surface area contributed by atoms with Crippen molar-refractivity contribution in [2.75, 3.05) is 18.6 Å². The van der Waals surface area contributed by atoms with Gasteiger partial charge in [-0.05, 0) is 36.4 Å². The first-order valence-corrected chi connectivity index (χ1v) is 6.22. The van der Waals surface area contributed by atoms with E-state index in [1.165, 1.54) is 0 Å². The number of carbonyl (C=O) groups is 2. The topological polar surface area (TPSA) is 46.6 Å². The minimum Gasteiger partial charge on any atom is -0.486 e. The summed E-state index contributed by atoms with van der Waals surface area (Å²) >= 11 is 0. The largest absolute Gasteiger partial charge is 0.486 e. The SMILES string of the molecule is CN(C(=O)c1ccc(OCC=O)cc1)c1ccccc1. The van der Waals surface area contributed by atoms with Crippen LogP contribution in [0.25, 0.3) is 0 Å². The van der Waals surface area contributed by atoms with Gasteiger partial charge in [0.1, 0.15) is 12.4 Å². The molecule has 0 unspecified atom stereocenters. The standard InChI is InChI=1S/C16H15NO3/c1-17(14-5-3-2-4-6-14)16(19)13-7-9-15(10-8-13)20-12-11-18/h2-11H,12H2,1H3. The van der Waals surface area contributed by atoms with Crippen LogP contribution in [-0.4, -0.2) is 25.8 Å². The van der Waals surface area contributed by atoms with Gasteiger partial charge in [0.25, 0.3) is 5.91 Å². The highest BCUT2D eigenvalue weighted by Gasteiger charge is 2.12. The van der Waals surface area contributed by atoms with Gasteiger partial charge in [-0.3, -0.25) is 9.59 Å². The van der Waals surface area contributed by atoms with Crippen molar-refractivity contribution < 1.29 is 14.3 Å². The Bertz CT molecular complexity index is 578. The zero-order chi connectivity index (χ0) is 14.4. The molecule has 0 saturated carbocycles. The third-order valence-corrected chi connectivity index (χ3v) is 2.87. The summed E-state index contributed by atoms with van der Waals surface area (Å²) in [5, 5.41) is 0. The van der Waals surface area contributed by atoms with Gasteiger partial charge in [0, 0.05) is 18.3 Å². The number of ether oxygens (including phenoxy) is 1. The predicted molar refractivity (Wildman–Crippen MR) is 77.2 cm³/mol. The van der Waals surface area contributed by atoms with E-state index >= 15 is 0 Å². The minimum absolute atomic E-state index is 0.0111. The quantitative estimate of drug-likeness (QED) is 0.784. The van der Waals surface area contributed by atoms with Crippen LogP contribution in [0.5, 0.6) is 5.75 Å². The molecule has 0 aliphatic heterocycles. The molecule has 0 heterocycles. The Balaban J connectivity index is 2.11. The van der Waals surface area contributed by atoms with Crippen LogP contribution in [0.2, 0.25) is 0 Å². The number of hydrogen-bond donors (Lipinski definition) is 0. The maximum atomic E-state index is 12.3. The Hall–Kier alpha value is -2.62. The zero-order valence-electron chi connectivity index (χ0n) is 11.2. The molecule has 20 heavy (non-hydrogen) atoms. The molecule has 0 bridgehead atoms. The Kier molecular flexibility index (Phi) is 4.50. The summed E-state index contributed by atoms with van der Waals surface area (Å²) in [6.07, 6.45) is 0.683. The number of amides is 1. The number of rotatable bonds is 5. The molecule has 1 amide bonds. The monoisotopic (exact) mass is 269 g/mol. The second-order valence-electron chi connectivity index (χ2n) is 4.20. The number of aldehydes is 1. The molecule has 0 atom stereocenters. The number of carbonyl (C=O) groups excluding carboxylic acids is 2. The lowest BCUT2D eigenvalue weighted by Crippen LogP contribution is -2.26. The molecule has 2 rings (SSSR count). The van der Waals surface area contributed by atoms with E-state index in [0.29, 0.717) is 17.6 Å². The smallest absolute Gasteiger partial charge is 0.258 e. The van der Waals surface area contributed by atoms with E-state index in [1.807, 2.05) is 30.3 Å². The van der Waals surface area contributed by atoms with E-state index in [-0.39, 0.29) is 12.5 Å². The predicted octanol–water partition coefficient (Wildman–Crippen LogP) is 2.54. The molecule has 0 radical (unpaired) electrons. The van der Waals surface area contributed by atoms with E-state index in [2.05, 4.69) is 0 Å². The van der Waals surface area contributed by atoms with E-state index in [1.54, 1.807) is 36.2 Å². The van der Waals surface area contributed by atoms with Crippen molar-refractivity contribution in [1.82, 2.24) is 0 Å². The minimum atomic E-state index is -0.0989. The molecule has 0 aliphatic carbocycles. The molecular formula is C16H15NO3. The normalized spacial score (nSPS) is 9.85. The maximum absolute atomic E-state index is 12.3. The van der Waals surface area contributed by atoms with Crippen molar-refractivity contribution in [3.8, 4) is 5.75 Å². The van der Waals surface area contributed by atoms with Crippen molar-refractivity contribution in [3.63, 3.8) is 0 Å². The summed E-state index contributed by atoms with van der Waals surface area (Å²) in [7, 11) is 1.73. The van der Waals surface area contributed by atoms with E-state index in [9.17, 15) is 9.59 Å². The van der Waals surface area contributed by atoms with E-state index in [4.69, 9.17) is 4.74 Å². The average Bonchev–Trinajstić information content (AvgIpc) is 2.53. The van der Waals surface area contributed by atoms with Crippen LogP contribution in [0.4, 0.5) is 5.69 Å². The van der Waals surface area contributed by atoms with Crippen molar-refractivity contribution >= 4 is 17.9 Å². The van der Waals surface area contributed by atoms with Gasteiger partial charge >= 0.3 is 0 Å². The third kappa shape index (κ3) is 3.23. The molecule has 2 aromatic carbocycles. The second-order valence-corrected chi connectivity index (χ2v) is 4.20. The van der Waals surface area contributed by atoms with Gasteiger partial charge in [0.15, 0.2) is 6.29 Å². The van der Waals surface area contributed by atoms with Crippen molar-refractivity contribution in [2.45, 2.75) is 0 Å². The first-order chi connectivity index (χ1) is 9.72. The van der Waals surface area contributed by atoms with E-state index < -0.39 is 0 Å². The summed E-state index contributed by atoms with van der Waals surface area (Å²) in [6.45, 7) is 0.0111. The maximum Gasteiger partial charge on any atom is 0.258 e. The molecular weight excluding hydrogens is 254 g/mol.